The standard InChI is InChI=1S/C20H26O4/c1-12-9-19(4)17-13(2)20(12,10-22-14(3)21)11-23-18(17)15-7-5-6-8-16(15)24-19/h5-8,12-13,17-18H,9-11H2,1-4H3/t12-,13+,17+,18+,19+,20+/m1/s1. The van der Waals surface area contributed by atoms with Gasteiger partial charge in [0.05, 0.1) is 19.3 Å². The molecule has 0 radical (unpaired) electrons. The largest absolute Gasteiger partial charge is 0.487 e. The number of carbonyl (C=O) groups excluding carboxylic acids is 1. The van der Waals surface area contributed by atoms with E-state index in [9.17, 15) is 4.79 Å². The maximum atomic E-state index is 11.4. The fraction of sp³-hybridized carbons (Fsp3) is 0.650. The summed E-state index contributed by atoms with van der Waals surface area (Å²) in [5, 5.41) is 0. The zero-order valence-electron chi connectivity index (χ0n) is 14.9. The average molecular weight is 330 g/mol. The van der Waals surface area contributed by atoms with Gasteiger partial charge in [-0.3, -0.25) is 4.79 Å². The van der Waals surface area contributed by atoms with Crippen LogP contribution in [-0.2, 0) is 14.3 Å². The van der Waals surface area contributed by atoms with Crippen LogP contribution in [0.15, 0.2) is 24.3 Å². The first-order chi connectivity index (χ1) is 11.4. The van der Waals surface area contributed by atoms with Crippen LogP contribution < -0.4 is 4.74 Å². The second-order valence-corrected chi connectivity index (χ2v) is 8.12. The van der Waals surface area contributed by atoms with Gasteiger partial charge in [-0.05, 0) is 31.2 Å². The summed E-state index contributed by atoms with van der Waals surface area (Å²) in [6.45, 7) is 9.30. The van der Waals surface area contributed by atoms with Gasteiger partial charge in [-0.2, -0.15) is 0 Å². The van der Waals surface area contributed by atoms with Gasteiger partial charge < -0.3 is 14.2 Å². The minimum absolute atomic E-state index is 0.0629. The number of para-hydroxylation sites is 1. The fourth-order valence-electron chi connectivity index (χ4n) is 5.49. The highest BCUT2D eigenvalue weighted by Crippen LogP contribution is 2.63. The molecule has 0 amide bonds. The zero-order chi connectivity index (χ0) is 17.1. The van der Waals surface area contributed by atoms with Crippen molar-refractivity contribution in [3.8, 4) is 5.75 Å². The lowest BCUT2D eigenvalue weighted by Crippen LogP contribution is -2.66. The molecular weight excluding hydrogens is 304 g/mol. The first-order valence-corrected chi connectivity index (χ1v) is 8.90. The van der Waals surface area contributed by atoms with Crippen molar-refractivity contribution in [2.75, 3.05) is 13.2 Å². The van der Waals surface area contributed by atoms with Crippen molar-refractivity contribution in [3.63, 3.8) is 0 Å². The number of benzene rings is 1. The van der Waals surface area contributed by atoms with E-state index >= 15 is 0 Å². The molecule has 2 heterocycles. The molecule has 0 aromatic heterocycles. The van der Waals surface area contributed by atoms with Crippen LogP contribution in [0, 0.1) is 23.2 Å². The summed E-state index contributed by atoms with van der Waals surface area (Å²) in [6.07, 6.45) is 1.02. The predicted octanol–water partition coefficient (Wildman–Crippen LogP) is 3.75. The normalized spacial score (nSPS) is 42.7. The summed E-state index contributed by atoms with van der Waals surface area (Å²) >= 11 is 0. The highest BCUT2D eigenvalue weighted by Gasteiger charge is 2.64. The third-order valence-electron chi connectivity index (χ3n) is 6.81. The molecule has 1 saturated carbocycles. The van der Waals surface area contributed by atoms with E-state index in [-0.39, 0.29) is 29.0 Å². The van der Waals surface area contributed by atoms with E-state index in [1.165, 1.54) is 6.92 Å². The first kappa shape index (κ1) is 15.9. The number of ether oxygens (including phenoxy) is 3. The molecule has 130 valence electrons. The molecule has 24 heavy (non-hydrogen) atoms. The van der Waals surface area contributed by atoms with Crippen LogP contribution >= 0.6 is 0 Å². The number of rotatable bonds is 2. The molecule has 0 unspecified atom stereocenters. The molecule has 3 aliphatic rings. The Labute approximate surface area is 143 Å². The van der Waals surface area contributed by atoms with Crippen LogP contribution in [0.5, 0.6) is 5.75 Å². The number of esters is 1. The van der Waals surface area contributed by atoms with Crippen molar-refractivity contribution in [2.24, 2.45) is 23.2 Å². The zero-order valence-corrected chi connectivity index (χ0v) is 14.9. The molecule has 1 aromatic carbocycles. The maximum absolute atomic E-state index is 11.4. The van der Waals surface area contributed by atoms with E-state index in [1.807, 2.05) is 18.2 Å². The lowest BCUT2D eigenvalue weighted by atomic mass is 9.50. The second-order valence-electron chi connectivity index (χ2n) is 8.12. The van der Waals surface area contributed by atoms with Crippen LogP contribution in [0.2, 0.25) is 0 Å². The maximum Gasteiger partial charge on any atom is 0.302 e. The monoisotopic (exact) mass is 330 g/mol. The molecule has 0 spiro atoms. The van der Waals surface area contributed by atoms with E-state index in [4.69, 9.17) is 14.2 Å². The van der Waals surface area contributed by atoms with E-state index in [1.54, 1.807) is 0 Å². The number of hydrogen-bond acceptors (Lipinski definition) is 4. The fourth-order valence-corrected chi connectivity index (χ4v) is 5.49. The second kappa shape index (κ2) is 5.22. The van der Waals surface area contributed by atoms with Gasteiger partial charge in [-0.1, -0.05) is 32.0 Å². The first-order valence-electron chi connectivity index (χ1n) is 8.90. The Hall–Kier alpha value is -1.55. The number of fused-ring (bicyclic) bond motifs is 3. The Morgan fingerprint density at radius 3 is 2.83 bits per heavy atom. The summed E-state index contributed by atoms with van der Waals surface area (Å²) in [5.41, 5.74) is 0.794. The van der Waals surface area contributed by atoms with Crippen molar-refractivity contribution in [1.29, 1.82) is 0 Å². The van der Waals surface area contributed by atoms with Crippen LogP contribution in [0.4, 0.5) is 0 Å². The molecule has 6 atom stereocenters. The molecule has 0 N–H and O–H groups in total. The van der Waals surface area contributed by atoms with Crippen molar-refractivity contribution < 1.29 is 19.0 Å². The highest BCUT2D eigenvalue weighted by atomic mass is 16.5. The predicted molar refractivity (Wildman–Crippen MR) is 89.7 cm³/mol. The van der Waals surface area contributed by atoms with Crippen molar-refractivity contribution in [1.82, 2.24) is 0 Å². The number of hydrogen-bond donors (Lipinski definition) is 0. The lowest BCUT2D eigenvalue weighted by Gasteiger charge is -2.63. The van der Waals surface area contributed by atoms with Crippen molar-refractivity contribution in [3.05, 3.63) is 29.8 Å². The Kier molecular flexibility index (Phi) is 3.47. The molecular formula is C20H26O4. The van der Waals surface area contributed by atoms with Crippen LogP contribution in [0.3, 0.4) is 0 Å². The van der Waals surface area contributed by atoms with Crippen molar-refractivity contribution in [2.45, 2.75) is 45.8 Å². The van der Waals surface area contributed by atoms with E-state index in [0.717, 1.165) is 17.7 Å². The highest BCUT2D eigenvalue weighted by molar-refractivity contribution is 5.65. The summed E-state index contributed by atoms with van der Waals surface area (Å²) in [7, 11) is 0. The van der Waals surface area contributed by atoms with Gasteiger partial charge >= 0.3 is 5.97 Å². The molecule has 2 aliphatic heterocycles. The van der Waals surface area contributed by atoms with Gasteiger partial charge in [0.15, 0.2) is 0 Å². The van der Waals surface area contributed by atoms with Gasteiger partial charge in [0.25, 0.3) is 0 Å². The summed E-state index contributed by atoms with van der Waals surface area (Å²) in [5.74, 6) is 1.73. The molecule has 1 aliphatic carbocycles. The van der Waals surface area contributed by atoms with Crippen LogP contribution in [0.25, 0.3) is 0 Å². The molecule has 1 aromatic rings. The molecule has 1 saturated heterocycles. The third kappa shape index (κ3) is 2.05. The Morgan fingerprint density at radius 2 is 2.08 bits per heavy atom. The van der Waals surface area contributed by atoms with Gasteiger partial charge in [0, 0.05) is 23.8 Å². The molecule has 2 bridgehead atoms. The van der Waals surface area contributed by atoms with Crippen LogP contribution in [0.1, 0.15) is 45.8 Å². The van der Waals surface area contributed by atoms with Crippen molar-refractivity contribution >= 4 is 5.97 Å². The SMILES string of the molecule is CC(=O)OC[C@]12CO[C@H]3c4ccccc4O[C@@](C)(C[C@H]1C)[C@H]3[C@@H]2C. The molecule has 4 nitrogen and oxygen atoms in total. The van der Waals surface area contributed by atoms with Crippen LogP contribution in [-0.4, -0.2) is 24.8 Å². The smallest absolute Gasteiger partial charge is 0.302 e. The minimum atomic E-state index is -0.238. The van der Waals surface area contributed by atoms with Gasteiger partial charge in [0.2, 0.25) is 0 Å². The number of carbonyl (C=O) groups is 1. The average Bonchev–Trinajstić information content (AvgIpc) is 2.52. The summed E-state index contributed by atoms with van der Waals surface area (Å²) < 4.78 is 18.4. The summed E-state index contributed by atoms with van der Waals surface area (Å²) in [6, 6.07) is 8.23. The quantitative estimate of drug-likeness (QED) is 0.775. The topological polar surface area (TPSA) is 44.8 Å². The molecule has 4 heteroatoms. The van der Waals surface area contributed by atoms with E-state index < -0.39 is 0 Å². The lowest BCUT2D eigenvalue weighted by molar-refractivity contribution is -0.261. The third-order valence-corrected chi connectivity index (χ3v) is 6.81. The van der Waals surface area contributed by atoms with Gasteiger partial charge in [-0.15, -0.1) is 0 Å². The Morgan fingerprint density at radius 1 is 1.33 bits per heavy atom. The summed E-state index contributed by atoms with van der Waals surface area (Å²) in [4.78, 5) is 11.4. The van der Waals surface area contributed by atoms with E-state index in [2.05, 4.69) is 26.8 Å². The molecule has 2 fully saturated rings. The minimum Gasteiger partial charge on any atom is -0.487 e. The van der Waals surface area contributed by atoms with Gasteiger partial charge in [0.1, 0.15) is 11.4 Å². The van der Waals surface area contributed by atoms with E-state index in [0.29, 0.717) is 25.0 Å². The molecule has 4 rings (SSSR count). The Balaban J connectivity index is 1.76. The van der Waals surface area contributed by atoms with Gasteiger partial charge in [-0.25, -0.2) is 0 Å². The Bertz CT molecular complexity index is 671.